The van der Waals surface area contributed by atoms with E-state index in [0.29, 0.717) is 24.0 Å². The van der Waals surface area contributed by atoms with Crippen LogP contribution in [0, 0.1) is 0 Å². The number of aromatic hydroxyl groups is 1. The quantitative estimate of drug-likeness (QED) is 0.713. The molecule has 0 fully saturated rings. The second-order valence-corrected chi connectivity index (χ2v) is 2.88. The summed E-state index contributed by atoms with van der Waals surface area (Å²) in [6, 6.07) is 0. The van der Waals surface area contributed by atoms with Crippen LogP contribution in [-0.4, -0.2) is 36.6 Å². The molecule has 0 aliphatic heterocycles. The Bertz CT molecular complexity index is 440. The van der Waals surface area contributed by atoms with Crippen LogP contribution in [0.15, 0.2) is 12.5 Å². The van der Waals surface area contributed by atoms with Crippen LogP contribution in [-0.2, 0) is 6.54 Å². The Labute approximate surface area is 79.8 Å². The third kappa shape index (κ3) is 1.39. The summed E-state index contributed by atoms with van der Waals surface area (Å²) in [7, 11) is 0. The molecule has 2 N–H and O–H groups in total. The van der Waals surface area contributed by atoms with Gasteiger partial charge in [-0.05, 0) is 6.42 Å². The minimum Gasteiger partial charge on any atom is -0.492 e. The van der Waals surface area contributed by atoms with Crippen molar-refractivity contribution in [1.82, 2.24) is 19.7 Å². The highest BCUT2D eigenvalue weighted by Crippen LogP contribution is 2.18. The number of fused-ring (bicyclic) bond motifs is 1. The number of rotatable bonds is 3. The van der Waals surface area contributed by atoms with E-state index in [2.05, 4.69) is 15.1 Å². The lowest BCUT2D eigenvalue weighted by molar-refractivity contribution is 0.277. The monoisotopic (exact) mass is 194 g/mol. The Morgan fingerprint density at radius 2 is 2.21 bits per heavy atom. The molecule has 0 spiro atoms. The van der Waals surface area contributed by atoms with Gasteiger partial charge >= 0.3 is 0 Å². The maximum Gasteiger partial charge on any atom is 0.240 e. The molecule has 2 aromatic heterocycles. The van der Waals surface area contributed by atoms with Crippen molar-refractivity contribution in [3.05, 3.63) is 12.5 Å². The van der Waals surface area contributed by atoms with Gasteiger partial charge in [-0.3, -0.25) is 4.68 Å². The summed E-state index contributed by atoms with van der Waals surface area (Å²) in [5.41, 5.74) is 1.12. The van der Waals surface area contributed by atoms with Crippen molar-refractivity contribution >= 4 is 11.0 Å². The zero-order chi connectivity index (χ0) is 9.97. The van der Waals surface area contributed by atoms with E-state index in [1.165, 1.54) is 6.33 Å². The van der Waals surface area contributed by atoms with E-state index in [0.717, 1.165) is 0 Å². The van der Waals surface area contributed by atoms with Gasteiger partial charge in [-0.2, -0.15) is 5.10 Å². The second kappa shape index (κ2) is 3.59. The predicted octanol–water partition coefficient (Wildman–Crippen LogP) is -0.0857. The molecule has 74 valence electrons. The number of hydrogen-bond donors (Lipinski definition) is 2. The molecular formula is C8H10N4O2. The number of aliphatic hydroxyl groups excluding tert-OH is 1. The molecule has 0 atom stereocenters. The molecular weight excluding hydrogens is 184 g/mol. The van der Waals surface area contributed by atoms with Crippen LogP contribution in [0.1, 0.15) is 6.42 Å². The molecule has 0 amide bonds. The van der Waals surface area contributed by atoms with Crippen LogP contribution in [0.4, 0.5) is 0 Å². The van der Waals surface area contributed by atoms with Crippen LogP contribution >= 0.6 is 0 Å². The highest BCUT2D eigenvalue weighted by molar-refractivity contribution is 5.78. The molecule has 0 aliphatic rings. The zero-order valence-corrected chi connectivity index (χ0v) is 7.46. The summed E-state index contributed by atoms with van der Waals surface area (Å²) in [6.07, 6.45) is 3.44. The molecule has 0 bridgehead atoms. The molecule has 2 rings (SSSR count). The first-order valence-electron chi connectivity index (χ1n) is 4.29. The third-order valence-electron chi connectivity index (χ3n) is 1.94. The Morgan fingerprint density at radius 3 is 3.00 bits per heavy atom. The van der Waals surface area contributed by atoms with Gasteiger partial charge in [-0.1, -0.05) is 0 Å². The summed E-state index contributed by atoms with van der Waals surface area (Å²) >= 11 is 0. The summed E-state index contributed by atoms with van der Waals surface area (Å²) in [5, 5.41) is 22.2. The van der Waals surface area contributed by atoms with E-state index in [-0.39, 0.29) is 12.5 Å². The average molecular weight is 194 g/mol. The first-order valence-corrected chi connectivity index (χ1v) is 4.29. The number of nitrogens with zero attached hydrogens (tertiary/aromatic N) is 4. The molecule has 0 aromatic carbocycles. The van der Waals surface area contributed by atoms with Crippen LogP contribution < -0.4 is 0 Å². The molecule has 0 radical (unpaired) electrons. The highest BCUT2D eigenvalue weighted by atomic mass is 16.3. The molecule has 6 nitrogen and oxygen atoms in total. The van der Waals surface area contributed by atoms with Gasteiger partial charge in [-0.15, -0.1) is 0 Å². The Hall–Kier alpha value is -1.69. The molecule has 0 unspecified atom stereocenters. The summed E-state index contributed by atoms with van der Waals surface area (Å²) in [6.45, 7) is 0.636. The van der Waals surface area contributed by atoms with Crippen molar-refractivity contribution < 1.29 is 10.2 Å². The van der Waals surface area contributed by atoms with Crippen molar-refractivity contribution in [2.45, 2.75) is 13.0 Å². The Balaban J connectivity index is 2.45. The first-order chi connectivity index (χ1) is 6.83. The van der Waals surface area contributed by atoms with Crippen LogP contribution in [0.25, 0.3) is 11.0 Å². The highest BCUT2D eigenvalue weighted by Gasteiger charge is 2.08. The standard InChI is InChI=1S/C8H10N4O2/c13-3-1-2-12-7-6(4-11-12)9-5-10-8(7)14/h4-5,13H,1-3H2,(H,9,10,14). The molecule has 2 aromatic rings. The smallest absolute Gasteiger partial charge is 0.240 e. The molecule has 0 saturated carbocycles. The SMILES string of the molecule is OCCCn1ncc2ncnc(O)c21. The van der Waals surface area contributed by atoms with Crippen LogP contribution in [0.3, 0.4) is 0 Å². The van der Waals surface area contributed by atoms with E-state index in [4.69, 9.17) is 5.11 Å². The number of aromatic nitrogens is 4. The maximum atomic E-state index is 9.47. The molecule has 0 aliphatic carbocycles. The van der Waals surface area contributed by atoms with E-state index in [9.17, 15) is 5.11 Å². The topological polar surface area (TPSA) is 84.1 Å². The Kier molecular flexibility index (Phi) is 2.28. The summed E-state index contributed by atoms with van der Waals surface area (Å²) in [5.74, 6) is -0.0783. The van der Waals surface area contributed by atoms with Gasteiger partial charge in [0, 0.05) is 13.2 Å². The lowest BCUT2D eigenvalue weighted by Gasteiger charge is -2.01. The second-order valence-electron chi connectivity index (χ2n) is 2.88. The minimum atomic E-state index is -0.0783. The van der Waals surface area contributed by atoms with Crippen molar-refractivity contribution in [3.8, 4) is 5.88 Å². The number of aryl methyl sites for hydroxylation is 1. The van der Waals surface area contributed by atoms with Gasteiger partial charge in [0.2, 0.25) is 5.88 Å². The number of aliphatic hydroxyl groups is 1. The van der Waals surface area contributed by atoms with Gasteiger partial charge in [0.25, 0.3) is 0 Å². The van der Waals surface area contributed by atoms with E-state index < -0.39 is 0 Å². The van der Waals surface area contributed by atoms with Crippen molar-refractivity contribution in [2.75, 3.05) is 6.61 Å². The van der Waals surface area contributed by atoms with Crippen molar-refractivity contribution in [1.29, 1.82) is 0 Å². The van der Waals surface area contributed by atoms with Crippen LogP contribution in [0.2, 0.25) is 0 Å². The minimum absolute atomic E-state index is 0.0783. The summed E-state index contributed by atoms with van der Waals surface area (Å²) in [4.78, 5) is 7.62. The largest absolute Gasteiger partial charge is 0.492 e. The van der Waals surface area contributed by atoms with Crippen molar-refractivity contribution in [3.63, 3.8) is 0 Å². The van der Waals surface area contributed by atoms with Gasteiger partial charge in [-0.25, -0.2) is 9.97 Å². The lowest BCUT2D eigenvalue weighted by atomic mass is 10.4. The van der Waals surface area contributed by atoms with E-state index in [1.807, 2.05) is 0 Å². The number of hydrogen-bond acceptors (Lipinski definition) is 5. The fourth-order valence-corrected chi connectivity index (χ4v) is 1.30. The zero-order valence-electron chi connectivity index (χ0n) is 7.46. The maximum absolute atomic E-state index is 9.47. The summed E-state index contributed by atoms with van der Waals surface area (Å²) < 4.78 is 1.58. The average Bonchev–Trinajstić information content (AvgIpc) is 2.59. The molecule has 6 heteroatoms. The van der Waals surface area contributed by atoms with Gasteiger partial charge < -0.3 is 10.2 Å². The predicted molar refractivity (Wildman–Crippen MR) is 48.7 cm³/mol. The van der Waals surface area contributed by atoms with E-state index >= 15 is 0 Å². The van der Waals surface area contributed by atoms with Gasteiger partial charge in [0.15, 0.2) is 0 Å². The fraction of sp³-hybridized carbons (Fsp3) is 0.375. The first kappa shape index (κ1) is 8.89. The lowest BCUT2D eigenvalue weighted by Crippen LogP contribution is -2.02. The van der Waals surface area contributed by atoms with Gasteiger partial charge in [0.05, 0.1) is 6.20 Å². The third-order valence-corrected chi connectivity index (χ3v) is 1.94. The van der Waals surface area contributed by atoms with E-state index in [1.54, 1.807) is 10.9 Å². The molecule has 14 heavy (non-hydrogen) atoms. The van der Waals surface area contributed by atoms with Gasteiger partial charge in [0.1, 0.15) is 17.4 Å². The molecule has 0 saturated heterocycles. The molecule has 2 heterocycles. The Morgan fingerprint density at radius 1 is 1.36 bits per heavy atom. The van der Waals surface area contributed by atoms with Crippen molar-refractivity contribution in [2.24, 2.45) is 0 Å². The van der Waals surface area contributed by atoms with Crippen LogP contribution in [0.5, 0.6) is 5.88 Å². The fourth-order valence-electron chi connectivity index (χ4n) is 1.30. The normalized spacial score (nSPS) is 10.9.